The van der Waals surface area contributed by atoms with E-state index >= 15 is 0 Å². The molecule has 1 aliphatic carbocycles. The summed E-state index contributed by atoms with van der Waals surface area (Å²) in [4.78, 5) is 40.2. The van der Waals surface area contributed by atoms with Gasteiger partial charge < -0.3 is 20.3 Å². The van der Waals surface area contributed by atoms with Crippen LogP contribution in [0.3, 0.4) is 0 Å². The number of nitrogens with one attached hydrogen (secondary N) is 2. The van der Waals surface area contributed by atoms with Crippen molar-refractivity contribution >= 4 is 23.4 Å². The van der Waals surface area contributed by atoms with Gasteiger partial charge in [-0.1, -0.05) is 48.0 Å². The molecule has 2 N–H and O–H groups in total. The molecule has 3 aromatic rings. The summed E-state index contributed by atoms with van der Waals surface area (Å²) < 4.78 is 5.92. The van der Waals surface area contributed by atoms with Crippen LogP contribution in [-0.2, 0) is 9.59 Å². The van der Waals surface area contributed by atoms with Crippen molar-refractivity contribution in [3.63, 3.8) is 0 Å². The predicted molar refractivity (Wildman–Crippen MR) is 128 cm³/mol. The first kappa shape index (κ1) is 21.7. The maximum atomic E-state index is 13.1. The highest BCUT2D eigenvalue weighted by atomic mass is 16.5. The third-order valence-electron chi connectivity index (χ3n) is 6.02. The van der Waals surface area contributed by atoms with E-state index in [2.05, 4.69) is 10.6 Å². The molecule has 0 bridgehead atoms. The zero-order chi connectivity index (χ0) is 23.7. The molecule has 34 heavy (non-hydrogen) atoms. The van der Waals surface area contributed by atoms with Crippen molar-refractivity contribution in [2.45, 2.75) is 31.8 Å². The molecular weight excluding hydrogens is 430 g/mol. The quantitative estimate of drug-likeness (QED) is 0.559. The Balaban J connectivity index is 1.24. The standard InChI is InChI=1S/C27H25N3O4/c1-17-10-14-19(15-11-17)34-23-9-5-4-8-22(23)29-24(31)16-28-26(32)25-20-6-2-3-7-21(20)27(33)30(25)18-12-13-18/h2-11,14-15,18,25H,12-13,16H2,1H3,(H,28,32)(H,29,31). The molecule has 7 nitrogen and oxygen atoms in total. The molecule has 0 aromatic heterocycles. The fourth-order valence-electron chi connectivity index (χ4n) is 4.18. The van der Waals surface area contributed by atoms with Crippen LogP contribution in [0.15, 0.2) is 72.8 Å². The van der Waals surface area contributed by atoms with Crippen molar-refractivity contribution < 1.29 is 19.1 Å². The second-order valence-corrected chi connectivity index (χ2v) is 8.61. The van der Waals surface area contributed by atoms with Crippen molar-refractivity contribution in [1.29, 1.82) is 0 Å². The SMILES string of the molecule is Cc1ccc(Oc2ccccc2NC(=O)CNC(=O)C2c3ccccc3C(=O)N2C2CC2)cc1. The summed E-state index contributed by atoms with van der Waals surface area (Å²) in [5.74, 6) is 0.296. The second kappa shape index (κ2) is 9.02. The van der Waals surface area contributed by atoms with Crippen LogP contribution in [0.5, 0.6) is 11.5 Å². The van der Waals surface area contributed by atoms with Crippen LogP contribution >= 0.6 is 0 Å². The van der Waals surface area contributed by atoms with Gasteiger partial charge in [-0.05, 0) is 55.7 Å². The zero-order valence-corrected chi connectivity index (χ0v) is 18.8. The molecule has 7 heteroatoms. The van der Waals surface area contributed by atoms with Gasteiger partial charge in [-0.3, -0.25) is 14.4 Å². The molecule has 1 heterocycles. The fourth-order valence-corrected chi connectivity index (χ4v) is 4.18. The van der Waals surface area contributed by atoms with E-state index in [1.54, 1.807) is 41.3 Å². The van der Waals surface area contributed by atoms with Crippen molar-refractivity contribution in [3.05, 3.63) is 89.5 Å². The summed E-state index contributed by atoms with van der Waals surface area (Å²) >= 11 is 0. The van der Waals surface area contributed by atoms with Crippen LogP contribution in [0.25, 0.3) is 0 Å². The first-order chi connectivity index (χ1) is 16.5. The highest BCUT2D eigenvalue weighted by Gasteiger charge is 2.47. The highest BCUT2D eigenvalue weighted by molar-refractivity contribution is 6.05. The maximum absolute atomic E-state index is 13.1. The molecule has 2 aliphatic rings. The summed E-state index contributed by atoms with van der Waals surface area (Å²) in [6.07, 6.45) is 1.78. The monoisotopic (exact) mass is 455 g/mol. The second-order valence-electron chi connectivity index (χ2n) is 8.61. The van der Waals surface area contributed by atoms with Crippen molar-refractivity contribution in [1.82, 2.24) is 10.2 Å². The Kier molecular flexibility index (Phi) is 5.76. The minimum absolute atomic E-state index is 0.0790. The number of benzene rings is 3. The van der Waals surface area contributed by atoms with E-state index in [4.69, 9.17) is 4.74 Å². The number of carbonyl (C=O) groups is 3. The van der Waals surface area contributed by atoms with E-state index in [1.807, 2.05) is 43.3 Å². The lowest BCUT2D eigenvalue weighted by molar-refractivity contribution is -0.127. The van der Waals surface area contributed by atoms with E-state index in [0.717, 1.165) is 18.4 Å². The summed E-state index contributed by atoms with van der Waals surface area (Å²) in [5.41, 5.74) is 2.87. The summed E-state index contributed by atoms with van der Waals surface area (Å²) in [6, 6.07) is 21.3. The molecule has 1 saturated carbocycles. The molecule has 1 unspecified atom stereocenters. The largest absolute Gasteiger partial charge is 0.455 e. The molecule has 1 aliphatic heterocycles. The van der Waals surface area contributed by atoms with E-state index in [0.29, 0.717) is 28.3 Å². The Hall–Kier alpha value is -4.13. The molecule has 0 saturated heterocycles. The first-order valence-electron chi connectivity index (χ1n) is 11.3. The minimum atomic E-state index is -0.707. The van der Waals surface area contributed by atoms with Crippen molar-refractivity contribution in [2.24, 2.45) is 0 Å². The van der Waals surface area contributed by atoms with Crippen LogP contribution < -0.4 is 15.4 Å². The number of aryl methyl sites for hydroxylation is 1. The number of nitrogens with zero attached hydrogens (tertiary/aromatic N) is 1. The lowest BCUT2D eigenvalue weighted by Gasteiger charge is -2.24. The fraction of sp³-hybridized carbons (Fsp3) is 0.222. The van der Waals surface area contributed by atoms with Gasteiger partial charge in [-0.2, -0.15) is 0 Å². The van der Waals surface area contributed by atoms with Gasteiger partial charge in [0.2, 0.25) is 11.8 Å². The molecule has 1 atom stereocenters. The van der Waals surface area contributed by atoms with E-state index in [-0.39, 0.29) is 30.3 Å². The van der Waals surface area contributed by atoms with Gasteiger partial charge in [0.25, 0.3) is 5.91 Å². The average Bonchev–Trinajstić information content (AvgIpc) is 3.64. The number of fused-ring (bicyclic) bond motifs is 1. The van der Waals surface area contributed by atoms with E-state index in [9.17, 15) is 14.4 Å². The minimum Gasteiger partial charge on any atom is -0.455 e. The molecule has 3 aromatic carbocycles. The predicted octanol–water partition coefficient (Wildman–Crippen LogP) is 4.20. The van der Waals surface area contributed by atoms with E-state index < -0.39 is 6.04 Å². The Morgan fingerprint density at radius 1 is 0.971 bits per heavy atom. The number of rotatable bonds is 7. The zero-order valence-electron chi connectivity index (χ0n) is 18.8. The molecule has 0 spiro atoms. The number of ether oxygens (including phenoxy) is 1. The number of hydrogen-bond donors (Lipinski definition) is 2. The molecule has 5 rings (SSSR count). The third-order valence-corrected chi connectivity index (χ3v) is 6.02. The lowest BCUT2D eigenvalue weighted by Crippen LogP contribution is -2.42. The van der Waals surface area contributed by atoms with Crippen molar-refractivity contribution in [3.8, 4) is 11.5 Å². The number of para-hydroxylation sites is 2. The van der Waals surface area contributed by atoms with Gasteiger partial charge in [-0.15, -0.1) is 0 Å². The Morgan fingerprint density at radius 2 is 1.68 bits per heavy atom. The molecule has 1 fully saturated rings. The third kappa shape index (κ3) is 4.37. The number of amides is 3. The van der Waals surface area contributed by atoms with Gasteiger partial charge in [0.1, 0.15) is 11.8 Å². The first-order valence-corrected chi connectivity index (χ1v) is 11.3. The maximum Gasteiger partial charge on any atom is 0.255 e. The number of hydrogen-bond acceptors (Lipinski definition) is 4. The van der Waals surface area contributed by atoms with E-state index in [1.165, 1.54) is 0 Å². The topological polar surface area (TPSA) is 87.7 Å². The lowest BCUT2D eigenvalue weighted by atomic mass is 10.0. The van der Waals surface area contributed by atoms with Crippen LogP contribution in [0.1, 0.15) is 40.4 Å². The van der Waals surface area contributed by atoms with Gasteiger partial charge in [0, 0.05) is 11.6 Å². The Morgan fingerprint density at radius 3 is 2.44 bits per heavy atom. The average molecular weight is 456 g/mol. The molecule has 3 amide bonds. The van der Waals surface area contributed by atoms with Gasteiger partial charge in [0.05, 0.1) is 12.2 Å². The highest BCUT2D eigenvalue weighted by Crippen LogP contribution is 2.41. The Labute approximate surface area is 197 Å². The normalized spacial score (nSPS) is 16.7. The summed E-state index contributed by atoms with van der Waals surface area (Å²) in [7, 11) is 0. The summed E-state index contributed by atoms with van der Waals surface area (Å²) in [6.45, 7) is 1.78. The number of anilines is 1. The molecule has 172 valence electrons. The van der Waals surface area contributed by atoms with Gasteiger partial charge in [0.15, 0.2) is 5.75 Å². The Bertz CT molecular complexity index is 1250. The van der Waals surface area contributed by atoms with Crippen LogP contribution in [-0.4, -0.2) is 35.2 Å². The van der Waals surface area contributed by atoms with Crippen LogP contribution in [0.4, 0.5) is 5.69 Å². The van der Waals surface area contributed by atoms with Gasteiger partial charge in [-0.25, -0.2) is 0 Å². The van der Waals surface area contributed by atoms with Crippen LogP contribution in [0.2, 0.25) is 0 Å². The van der Waals surface area contributed by atoms with Crippen molar-refractivity contribution in [2.75, 3.05) is 11.9 Å². The smallest absolute Gasteiger partial charge is 0.255 e. The molecular formula is C27H25N3O4. The number of carbonyl (C=O) groups excluding carboxylic acids is 3. The summed E-state index contributed by atoms with van der Waals surface area (Å²) in [5, 5.41) is 5.51. The van der Waals surface area contributed by atoms with Gasteiger partial charge >= 0.3 is 0 Å². The van der Waals surface area contributed by atoms with Crippen LogP contribution in [0, 0.1) is 6.92 Å². The molecule has 0 radical (unpaired) electrons.